The molecule has 1 amide bonds. The molecule has 0 N–H and O–H groups in total. The first kappa shape index (κ1) is 15.9. The molecule has 1 aromatic carbocycles. The van der Waals surface area contributed by atoms with Crippen molar-refractivity contribution in [1.29, 1.82) is 0 Å². The molecule has 0 aromatic heterocycles. The molecule has 1 aromatic rings. The van der Waals surface area contributed by atoms with E-state index in [1.165, 1.54) is 18.7 Å². The van der Waals surface area contributed by atoms with Crippen LogP contribution in [0.1, 0.15) is 34.1 Å². The monoisotopic (exact) mass is 307 g/mol. The van der Waals surface area contributed by atoms with E-state index in [1.807, 2.05) is 45.0 Å². The molecule has 1 unspecified atom stereocenters. The Morgan fingerprint density at radius 2 is 1.90 bits per heavy atom. The molecule has 1 atom stereocenters. The van der Waals surface area contributed by atoms with E-state index in [-0.39, 0.29) is 21.9 Å². The predicted molar refractivity (Wildman–Crippen MR) is 85.9 cm³/mol. The standard InChI is InChI=1S/C16H21NO3S/c1-11(18)21-14-9-15(19)17(10-14)12-5-7-13(8-6-12)20-16(2,3)4/h5-8,14H,9-10H2,1-4H3. The highest BCUT2D eigenvalue weighted by molar-refractivity contribution is 8.14. The van der Waals surface area contributed by atoms with Crippen LogP contribution in [0.15, 0.2) is 24.3 Å². The van der Waals surface area contributed by atoms with Crippen molar-refractivity contribution in [2.45, 2.75) is 45.0 Å². The van der Waals surface area contributed by atoms with Crippen LogP contribution in [0.3, 0.4) is 0 Å². The van der Waals surface area contributed by atoms with Crippen molar-refractivity contribution in [3.63, 3.8) is 0 Å². The molecular weight excluding hydrogens is 286 g/mol. The quantitative estimate of drug-likeness (QED) is 0.860. The molecule has 2 rings (SSSR count). The van der Waals surface area contributed by atoms with Gasteiger partial charge in [0.15, 0.2) is 5.12 Å². The Morgan fingerprint density at radius 1 is 1.29 bits per heavy atom. The Kier molecular flexibility index (Phi) is 4.61. The van der Waals surface area contributed by atoms with Crippen molar-refractivity contribution in [1.82, 2.24) is 0 Å². The summed E-state index contributed by atoms with van der Waals surface area (Å²) in [4.78, 5) is 24.9. The molecule has 0 radical (unpaired) electrons. The summed E-state index contributed by atoms with van der Waals surface area (Å²) < 4.78 is 5.77. The fourth-order valence-electron chi connectivity index (χ4n) is 2.29. The van der Waals surface area contributed by atoms with Gasteiger partial charge in [0.05, 0.1) is 0 Å². The van der Waals surface area contributed by atoms with Gasteiger partial charge in [-0.05, 0) is 45.0 Å². The molecule has 1 aliphatic heterocycles. The lowest BCUT2D eigenvalue weighted by Crippen LogP contribution is -2.25. The van der Waals surface area contributed by atoms with Gasteiger partial charge in [-0.2, -0.15) is 0 Å². The number of hydrogen-bond donors (Lipinski definition) is 0. The first-order chi connectivity index (χ1) is 9.74. The summed E-state index contributed by atoms with van der Waals surface area (Å²) in [5.41, 5.74) is 0.613. The molecule has 114 valence electrons. The zero-order valence-corrected chi connectivity index (χ0v) is 13.7. The van der Waals surface area contributed by atoms with Gasteiger partial charge < -0.3 is 9.64 Å². The Balaban J connectivity index is 2.05. The molecule has 0 aliphatic carbocycles. The van der Waals surface area contributed by atoms with Gasteiger partial charge >= 0.3 is 0 Å². The summed E-state index contributed by atoms with van der Waals surface area (Å²) >= 11 is 1.25. The Hall–Kier alpha value is -1.49. The van der Waals surface area contributed by atoms with Crippen LogP contribution in [0.5, 0.6) is 5.75 Å². The van der Waals surface area contributed by atoms with Gasteiger partial charge in [0.25, 0.3) is 0 Å². The smallest absolute Gasteiger partial charge is 0.228 e. The van der Waals surface area contributed by atoms with Gasteiger partial charge in [0, 0.05) is 30.8 Å². The molecule has 1 saturated heterocycles. The van der Waals surface area contributed by atoms with Crippen molar-refractivity contribution >= 4 is 28.5 Å². The number of hydrogen-bond acceptors (Lipinski definition) is 4. The minimum atomic E-state index is -0.242. The number of benzene rings is 1. The maximum Gasteiger partial charge on any atom is 0.228 e. The van der Waals surface area contributed by atoms with Crippen LogP contribution >= 0.6 is 11.8 Å². The largest absolute Gasteiger partial charge is 0.488 e. The summed E-state index contributed by atoms with van der Waals surface area (Å²) in [5, 5.41) is 0.115. The minimum absolute atomic E-state index is 0.0560. The Bertz CT molecular complexity index is 533. The molecule has 0 bridgehead atoms. The van der Waals surface area contributed by atoms with E-state index < -0.39 is 0 Å². The zero-order chi connectivity index (χ0) is 15.6. The minimum Gasteiger partial charge on any atom is -0.488 e. The molecule has 1 heterocycles. The zero-order valence-electron chi connectivity index (χ0n) is 12.9. The van der Waals surface area contributed by atoms with E-state index in [0.29, 0.717) is 13.0 Å². The third kappa shape index (κ3) is 4.49. The van der Waals surface area contributed by atoms with E-state index >= 15 is 0 Å². The Morgan fingerprint density at radius 3 is 2.43 bits per heavy atom. The maximum atomic E-state index is 12.1. The number of carbonyl (C=O) groups excluding carboxylic acids is 2. The van der Waals surface area contributed by atoms with Crippen molar-refractivity contribution in [3.05, 3.63) is 24.3 Å². The maximum absolute atomic E-state index is 12.1. The molecule has 0 saturated carbocycles. The second kappa shape index (κ2) is 6.10. The first-order valence-corrected chi connectivity index (χ1v) is 7.89. The normalized spacial score (nSPS) is 19.0. The van der Waals surface area contributed by atoms with Gasteiger partial charge in [-0.25, -0.2) is 0 Å². The first-order valence-electron chi connectivity index (χ1n) is 7.01. The molecule has 5 heteroatoms. The summed E-state index contributed by atoms with van der Waals surface area (Å²) in [6, 6.07) is 7.53. The van der Waals surface area contributed by atoms with Gasteiger partial charge in [-0.15, -0.1) is 0 Å². The van der Waals surface area contributed by atoms with Crippen molar-refractivity contribution in [2.24, 2.45) is 0 Å². The van der Waals surface area contributed by atoms with E-state index in [1.54, 1.807) is 4.90 Å². The highest BCUT2D eigenvalue weighted by atomic mass is 32.2. The second-order valence-electron chi connectivity index (χ2n) is 6.15. The molecule has 21 heavy (non-hydrogen) atoms. The van der Waals surface area contributed by atoms with E-state index in [4.69, 9.17) is 4.74 Å². The van der Waals surface area contributed by atoms with E-state index in [2.05, 4.69) is 0 Å². The van der Waals surface area contributed by atoms with Crippen LogP contribution in [0.4, 0.5) is 5.69 Å². The van der Waals surface area contributed by atoms with Gasteiger partial charge in [0.1, 0.15) is 11.4 Å². The number of carbonyl (C=O) groups is 2. The average Bonchev–Trinajstić information content (AvgIpc) is 2.68. The third-order valence-corrected chi connectivity index (χ3v) is 3.98. The second-order valence-corrected chi connectivity index (χ2v) is 7.63. The summed E-state index contributed by atoms with van der Waals surface area (Å²) in [5.74, 6) is 0.853. The number of amides is 1. The molecule has 1 aliphatic rings. The van der Waals surface area contributed by atoms with Crippen molar-refractivity contribution < 1.29 is 14.3 Å². The summed E-state index contributed by atoms with van der Waals surface area (Å²) in [6.07, 6.45) is 0.421. The van der Waals surface area contributed by atoms with Crippen LogP contribution in [0.25, 0.3) is 0 Å². The van der Waals surface area contributed by atoms with Crippen LogP contribution in [-0.2, 0) is 9.59 Å². The number of nitrogens with zero attached hydrogens (tertiary/aromatic N) is 1. The highest BCUT2D eigenvalue weighted by Crippen LogP contribution is 2.30. The van der Waals surface area contributed by atoms with Crippen LogP contribution in [-0.4, -0.2) is 28.4 Å². The number of thioether (sulfide) groups is 1. The fourth-order valence-corrected chi connectivity index (χ4v) is 3.20. The topological polar surface area (TPSA) is 46.6 Å². The van der Waals surface area contributed by atoms with Crippen LogP contribution < -0.4 is 9.64 Å². The van der Waals surface area contributed by atoms with Gasteiger partial charge in [-0.3, -0.25) is 9.59 Å². The summed E-state index contributed by atoms with van der Waals surface area (Å²) in [6.45, 7) is 8.11. The molecule has 0 spiro atoms. The van der Waals surface area contributed by atoms with E-state index in [9.17, 15) is 9.59 Å². The SMILES string of the molecule is CC(=O)SC1CC(=O)N(c2ccc(OC(C)(C)C)cc2)C1. The van der Waals surface area contributed by atoms with Crippen molar-refractivity contribution in [3.8, 4) is 5.75 Å². The molecule has 4 nitrogen and oxygen atoms in total. The summed E-state index contributed by atoms with van der Waals surface area (Å²) in [7, 11) is 0. The van der Waals surface area contributed by atoms with Gasteiger partial charge in [-0.1, -0.05) is 11.8 Å². The number of rotatable bonds is 3. The van der Waals surface area contributed by atoms with Gasteiger partial charge in [0.2, 0.25) is 5.91 Å². The van der Waals surface area contributed by atoms with E-state index in [0.717, 1.165) is 11.4 Å². The number of anilines is 1. The van der Waals surface area contributed by atoms with Crippen LogP contribution in [0.2, 0.25) is 0 Å². The average molecular weight is 307 g/mol. The highest BCUT2D eigenvalue weighted by Gasteiger charge is 2.31. The number of ether oxygens (including phenoxy) is 1. The lowest BCUT2D eigenvalue weighted by molar-refractivity contribution is -0.117. The lowest BCUT2D eigenvalue weighted by atomic mass is 10.2. The molecular formula is C16H21NO3S. The van der Waals surface area contributed by atoms with Crippen molar-refractivity contribution in [2.75, 3.05) is 11.4 Å². The predicted octanol–water partition coefficient (Wildman–Crippen LogP) is 3.25. The van der Waals surface area contributed by atoms with Crippen LogP contribution in [0, 0.1) is 0 Å². The Labute approximate surface area is 129 Å². The fraction of sp³-hybridized carbons (Fsp3) is 0.500. The third-order valence-electron chi connectivity index (χ3n) is 2.99. The lowest BCUT2D eigenvalue weighted by Gasteiger charge is -2.22. The molecule has 1 fully saturated rings.